The molecule has 1 unspecified atom stereocenters. The van der Waals surface area contributed by atoms with E-state index in [1.165, 1.54) is 19.3 Å². The van der Waals surface area contributed by atoms with Crippen molar-refractivity contribution in [2.45, 2.75) is 38.2 Å². The molecule has 0 aliphatic carbocycles. The third-order valence-corrected chi connectivity index (χ3v) is 3.90. The first kappa shape index (κ1) is 14.1. The van der Waals surface area contributed by atoms with Crippen molar-refractivity contribution in [3.63, 3.8) is 0 Å². The highest BCUT2D eigenvalue weighted by Gasteiger charge is 2.16. The molecule has 3 heteroatoms. The van der Waals surface area contributed by atoms with Crippen LogP contribution in [0.5, 0.6) is 0 Å². The summed E-state index contributed by atoms with van der Waals surface area (Å²) in [6, 6.07) is 9.94. The van der Waals surface area contributed by atoms with Crippen LogP contribution in [0, 0.1) is 5.92 Å². The van der Waals surface area contributed by atoms with Crippen LogP contribution in [0.25, 0.3) is 0 Å². The normalized spacial score (nSPS) is 17.9. The molecule has 3 nitrogen and oxygen atoms in total. The van der Waals surface area contributed by atoms with E-state index in [0.29, 0.717) is 0 Å². The molecular formula is C16H22NO2. The molecule has 0 spiro atoms. The van der Waals surface area contributed by atoms with Gasteiger partial charge in [0.2, 0.25) is 0 Å². The Morgan fingerprint density at radius 2 is 2.00 bits per heavy atom. The second-order valence-electron chi connectivity index (χ2n) is 5.22. The molecule has 1 aromatic rings. The minimum absolute atomic E-state index is 0.139. The summed E-state index contributed by atoms with van der Waals surface area (Å²) in [7, 11) is 0. The molecule has 103 valence electrons. The molecule has 1 saturated heterocycles. The molecule has 1 N–H and O–H groups in total. The fourth-order valence-corrected chi connectivity index (χ4v) is 2.78. The van der Waals surface area contributed by atoms with E-state index in [1.807, 2.05) is 30.3 Å². The number of ether oxygens (including phenoxy) is 1. The van der Waals surface area contributed by atoms with Crippen LogP contribution < -0.4 is 5.32 Å². The summed E-state index contributed by atoms with van der Waals surface area (Å²) in [5.41, 5.74) is 1.07. The van der Waals surface area contributed by atoms with E-state index in [1.54, 1.807) is 6.47 Å². The van der Waals surface area contributed by atoms with E-state index in [-0.39, 0.29) is 6.10 Å². The van der Waals surface area contributed by atoms with Crippen LogP contribution in [0.1, 0.15) is 43.8 Å². The maximum Gasteiger partial charge on any atom is 0.418 e. The summed E-state index contributed by atoms with van der Waals surface area (Å²) < 4.78 is 5.10. The predicted octanol–water partition coefficient (Wildman–Crippen LogP) is 2.98. The fraction of sp³-hybridized carbons (Fsp3) is 0.562. The monoisotopic (exact) mass is 260 g/mol. The van der Waals surface area contributed by atoms with Crippen LogP contribution in [0.3, 0.4) is 0 Å². The molecule has 1 aliphatic rings. The van der Waals surface area contributed by atoms with Crippen LogP contribution in [-0.4, -0.2) is 19.6 Å². The van der Waals surface area contributed by atoms with Gasteiger partial charge < -0.3 is 10.1 Å². The van der Waals surface area contributed by atoms with Gasteiger partial charge in [0.15, 0.2) is 0 Å². The summed E-state index contributed by atoms with van der Waals surface area (Å²) in [5, 5.41) is 3.38. The lowest BCUT2D eigenvalue weighted by atomic mass is 9.91. The number of carbonyl (C=O) groups excluding carboxylic acids is 1. The van der Waals surface area contributed by atoms with Crippen LogP contribution in [-0.2, 0) is 9.53 Å². The number of hydrogen-bond acceptors (Lipinski definition) is 3. The zero-order valence-corrected chi connectivity index (χ0v) is 11.3. The van der Waals surface area contributed by atoms with Crippen molar-refractivity contribution in [3.05, 3.63) is 35.9 Å². The van der Waals surface area contributed by atoms with Crippen LogP contribution in [0.4, 0.5) is 0 Å². The van der Waals surface area contributed by atoms with Crippen molar-refractivity contribution >= 4 is 6.47 Å². The zero-order chi connectivity index (χ0) is 13.3. The first-order valence-electron chi connectivity index (χ1n) is 7.18. The van der Waals surface area contributed by atoms with Gasteiger partial charge in [-0.25, -0.2) is 4.79 Å². The average Bonchev–Trinajstić information content (AvgIpc) is 2.48. The smallest absolute Gasteiger partial charge is 0.418 e. The van der Waals surface area contributed by atoms with E-state index in [4.69, 9.17) is 4.74 Å². The second-order valence-corrected chi connectivity index (χ2v) is 5.22. The molecule has 0 amide bonds. The largest absolute Gasteiger partial charge is 0.449 e. The number of nitrogens with one attached hydrogen (secondary N) is 1. The maximum atomic E-state index is 10.5. The van der Waals surface area contributed by atoms with Crippen LogP contribution >= 0.6 is 0 Å². The van der Waals surface area contributed by atoms with Crippen molar-refractivity contribution in [2.24, 2.45) is 5.92 Å². The number of piperidine rings is 1. The third-order valence-electron chi connectivity index (χ3n) is 3.90. The minimum atomic E-state index is -0.139. The van der Waals surface area contributed by atoms with Gasteiger partial charge in [0.25, 0.3) is 0 Å². The summed E-state index contributed by atoms with van der Waals surface area (Å²) in [6.07, 6.45) is 5.63. The van der Waals surface area contributed by atoms with Gasteiger partial charge in [-0.05, 0) is 50.3 Å². The summed E-state index contributed by atoms with van der Waals surface area (Å²) in [4.78, 5) is 10.5. The molecule has 1 radical (unpaired) electrons. The first-order chi connectivity index (χ1) is 9.40. The van der Waals surface area contributed by atoms with Gasteiger partial charge in [0, 0.05) is 0 Å². The van der Waals surface area contributed by atoms with E-state index in [2.05, 4.69) is 5.32 Å². The topological polar surface area (TPSA) is 38.3 Å². The predicted molar refractivity (Wildman–Crippen MR) is 75.4 cm³/mol. The van der Waals surface area contributed by atoms with Gasteiger partial charge in [0.1, 0.15) is 6.10 Å². The van der Waals surface area contributed by atoms with Gasteiger partial charge in [-0.2, -0.15) is 0 Å². The summed E-state index contributed by atoms with van der Waals surface area (Å²) in [5.74, 6) is 0.831. The Bertz CT molecular complexity index is 360. The Kier molecular flexibility index (Phi) is 5.89. The van der Waals surface area contributed by atoms with Gasteiger partial charge in [0.05, 0.1) is 0 Å². The molecule has 0 aromatic heterocycles. The van der Waals surface area contributed by atoms with Gasteiger partial charge in [-0.3, -0.25) is 0 Å². The average molecular weight is 260 g/mol. The Hall–Kier alpha value is -1.35. The van der Waals surface area contributed by atoms with Crippen molar-refractivity contribution in [1.29, 1.82) is 0 Å². The van der Waals surface area contributed by atoms with Gasteiger partial charge >= 0.3 is 6.47 Å². The van der Waals surface area contributed by atoms with Crippen LogP contribution in [0.2, 0.25) is 0 Å². The number of benzene rings is 1. The molecule has 1 aliphatic heterocycles. The highest BCUT2D eigenvalue weighted by Crippen LogP contribution is 2.26. The molecule has 0 bridgehead atoms. The molecule has 1 aromatic carbocycles. The maximum absolute atomic E-state index is 10.5. The molecule has 19 heavy (non-hydrogen) atoms. The van der Waals surface area contributed by atoms with E-state index < -0.39 is 0 Å². The lowest BCUT2D eigenvalue weighted by Crippen LogP contribution is -2.27. The van der Waals surface area contributed by atoms with Crippen molar-refractivity contribution in [3.8, 4) is 0 Å². The SMILES string of the molecule is O=[C]OC(CCCC1CCNCC1)c1ccccc1. The van der Waals surface area contributed by atoms with E-state index in [9.17, 15) is 4.79 Å². The quantitative estimate of drug-likeness (QED) is 0.819. The van der Waals surface area contributed by atoms with Crippen molar-refractivity contribution in [2.75, 3.05) is 13.1 Å². The summed E-state index contributed by atoms with van der Waals surface area (Å²) >= 11 is 0. The fourth-order valence-electron chi connectivity index (χ4n) is 2.78. The lowest BCUT2D eigenvalue weighted by molar-refractivity contribution is 0.162. The first-order valence-corrected chi connectivity index (χ1v) is 7.18. The number of hydrogen-bond donors (Lipinski definition) is 1. The van der Waals surface area contributed by atoms with Gasteiger partial charge in [-0.15, -0.1) is 0 Å². The number of rotatable bonds is 7. The second kappa shape index (κ2) is 7.95. The Morgan fingerprint density at radius 1 is 1.26 bits per heavy atom. The van der Waals surface area contributed by atoms with Crippen LogP contribution in [0.15, 0.2) is 30.3 Å². The van der Waals surface area contributed by atoms with E-state index >= 15 is 0 Å². The van der Waals surface area contributed by atoms with Gasteiger partial charge in [-0.1, -0.05) is 36.8 Å². The highest BCUT2D eigenvalue weighted by molar-refractivity contribution is 5.39. The lowest BCUT2D eigenvalue weighted by Gasteiger charge is -2.23. The molecular weight excluding hydrogens is 238 g/mol. The van der Waals surface area contributed by atoms with E-state index in [0.717, 1.165) is 37.4 Å². The molecule has 1 atom stereocenters. The Labute approximate surface area is 115 Å². The van der Waals surface area contributed by atoms with Crippen molar-refractivity contribution < 1.29 is 9.53 Å². The summed E-state index contributed by atoms with van der Waals surface area (Å²) in [6.45, 7) is 3.88. The third kappa shape index (κ3) is 4.67. The Morgan fingerprint density at radius 3 is 2.68 bits per heavy atom. The Balaban J connectivity index is 1.78. The molecule has 2 rings (SSSR count). The van der Waals surface area contributed by atoms with Crippen molar-refractivity contribution in [1.82, 2.24) is 5.32 Å². The standard InChI is InChI=1S/C16H22NO2/c18-13-19-16(15-6-2-1-3-7-15)8-4-5-14-9-11-17-12-10-14/h1-3,6-7,14,16-17H,4-5,8-12H2. The zero-order valence-electron chi connectivity index (χ0n) is 11.3. The molecule has 0 saturated carbocycles. The molecule has 1 fully saturated rings. The highest BCUT2D eigenvalue weighted by atomic mass is 16.5. The molecule has 1 heterocycles. The minimum Gasteiger partial charge on any atom is -0.449 e.